The predicted octanol–water partition coefficient (Wildman–Crippen LogP) is 2.02. The Bertz CT molecular complexity index is 682. The minimum absolute atomic E-state index is 0.188. The van der Waals surface area contributed by atoms with Gasteiger partial charge in [-0.3, -0.25) is 4.79 Å². The van der Waals surface area contributed by atoms with Crippen molar-refractivity contribution in [2.75, 3.05) is 0 Å². The maximum Gasteiger partial charge on any atom is 0.278 e. The number of carbonyl (C=O) groups is 1. The third-order valence-electron chi connectivity index (χ3n) is 2.57. The van der Waals surface area contributed by atoms with Crippen LogP contribution in [0.1, 0.15) is 16.1 Å². The average molecular weight is 227 g/mol. The van der Waals surface area contributed by atoms with Crippen LogP contribution in [0.15, 0.2) is 41.1 Å². The number of hydrogen-bond donors (Lipinski definition) is 0. The fourth-order valence-corrected chi connectivity index (χ4v) is 1.75. The summed E-state index contributed by atoms with van der Waals surface area (Å²) in [6, 6.07) is 8.99. The van der Waals surface area contributed by atoms with Gasteiger partial charge in [0.05, 0.1) is 6.20 Å². The molecule has 5 nitrogen and oxygen atoms in total. The fraction of sp³-hybridized carbons (Fsp3) is 0.0833. The van der Waals surface area contributed by atoms with Crippen LogP contribution in [0.3, 0.4) is 0 Å². The minimum atomic E-state index is -0.188. The number of rotatable bonds is 1. The molecule has 0 saturated heterocycles. The van der Waals surface area contributed by atoms with E-state index < -0.39 is 0 Å². The van der Waals surface area contributed by atoms with Gasteiger partial charge in [-0.25, -0.2) is 0 Å². The second-order valence-corrected chi connectivity index (χ2v) is 3.71. The molecule has 0 radical (unpaired) electrons. The number of fused-ring (bicyclic) bond motifs is 1. The number of carbonyl (C=O) groups excluding carboxylic acids is 1. The number of benzene rings is 1. The molecule has 2 aromatic heterocycles. The number of aromatic nitrogens is 3. The van der Waals surface area contributed by atoms with Crippen molar-refractivity contribution in [1.82, 2.24) is 14.9 Å². The lowest BCUT2D eigenvalue weighted by Gasteiger charge is -2.00. The van der Waals surface area contributed by atoms with E-state index in [4.69, 9.17) is 4.52 Å². The summed E-state index contributed by atoms with van der Waals surface area (Å²) in [7, 11) is 0. The Morgan fingerprint density at radius 2 is 2.06 bits per heavy atom. The van der Waals surface area contributed by atoms with Crippen molar-refractivity contribution in [3.63, 3.8) is 0 Å². The van der Waals surface area contributed by atoms with Gasteiger partial charge in [-0.1, -0.05) is 23.4 Å². The Morgan fingerprint density at radius 1 is 1.29 bits per heavy atom. The first-order valence-electron chi connectivity index (χ1n) is 5.17. The van der Waals surface area contributed by atoms with Gasteiger partial charge in [-0.05, 0) is 19.1 Å². The first kappa shape index (κ1) is 9.77. The van der Waals surface area contributed by atoms with Crippen molar-refractivity contribution in [1.29, 1.82) is 0 Å². The van der Waals surface area contributed by atoms with E-state index in [-0.39, 0.29) is 5.91 Å². The van der Waals surface area contributed by atoms with E-state index in [1.165, 1.54) is 10.9 Å². The van der Waals surface area contributed by atoms with Crippen LogP contribution in [0, 0.1) is 6.92 Å². The van der Waals surface area contributed by atoms with Gasteiger partial charge in [0.1, 0.15) is 11.2 Å². The van der Waals surface area contributed by atoms with E-state index in [9.17, 15) is 4.79 Å². The Hall–Kier alpha value is -2.43. The standard InChI is InChI=1S/C12H9N3O2/c1-8-11-10(17-14-8)7-13-15(11)12(16)9-5-3-2-4-6-9/h2-7H,1H3. The summed E-state index contributed by atoms with van der Waals surface area (Å²) in [6.45, 7) is 1.78. The maximum absolute atomic E-state index is 12.2. The largest absolute Gasteiger partial charge is 0.353 e. The third-order valence-corrected chi connectivity index (χ3v) is 2.57. The summed E-state index contributed by atoms with van der Waals surface area (Å²) in [5.74, 6) is -0.188. The molecule has 0 aliphatic heterocycles. The van der Waals surface area contributed by atoms with E-state index in [0.717, 1.165) is 0 Å². The van der Waals surface area contributed by atoms with Crippen molar-refractivity contribution in [3.8, 4) is 0 Å². The van der Waals surface area contributed by atoms with Crippen molar-refractivity contribution in [3.05, 3.63) is 47.8 Å². The van der Waals surface area contributed by atoms with Crippen LogP contribution in [-0.4, -0.2) is 20.8 Å². The van der Waals surface area contributed by atoms with Gasteiger partial charge >= 0.3 is 0 Å². The SMILES string of the molecule is Cc1noc2cnn(C(=O)c3ccccc3)c12. The molecule has 1 aromatic carbocycles. The molecule has 5 heteroatoms. The summed E-state index contributed by atoms with van der Waals surface area (Å²) in [4.78, 5) is 12.2. The van der Waals surface area contributed by atoms with Gasteiger partial charge in [0.25, 0.3) is 5.91 Å². The van der Waals surface area contributed by atoms with E-state index >= 15 is 0 Å². The van der Waals surface area contributed by atoms with Crippen LogP contribution in [0.2, 0.25) is 0 Å². The van der Waals surface area contributed by atoms with Gasteiger partial charge in [-0.2, -0.15) is 9.78 Å². The van der Waals surface area contributed by atoms with Gasteiger partial charge in [-0.15, -0.1) is 0 Å². The molecule has 3 aromatic rings. The fourth-order valence-electron chi connectivity index (χ4n) is 1.75. The van der Waals surface area contributed by atoms with Crippen molar-refractivity contribution in [2.24, 2.45) is 0 Å². The first-order chi connectivity index (χ1) is 8.27. The lowest BCUT2D eigenvalue weighted by Crippen LogP contribution is -2.13. The van der Waals surface area contributed by atoms with E-state index in [2.05, 4.69) is 10.3 Å². The Balaban J connectivity index is 2.16. The van der Waals surface area contributed by atoms with E-state index in [1.54, 1.807) is 19.1 Å². The summed E-state index contributed by atoms with van der Waals surface area (Å²) in [6.07, 6.45) is 1.50. The minimum Gasteiger partial charge on any atom is -0.353 e. The summed E-state index contributed by atoms with van der Waals surface area (Å²) >= 11 is 0. The molecule has 0 fully saturated rings. The zero-order chi connectivity index (χ0) is 11.8. The molecule has 0 saturated carbocycles. The lowest BCUT2D eigenvalue weighted by molar-refractivity contribution is 0.0950. The Labute approximate surface area is 96.6 Å². The van der Waals surface area contributed by atoms with Gasteiger partial charge in [0.15, 0.2) is 0 Å². The Morgan fingerprint density at radius 3 is 2.82 bits per heavy atom. The quantitative estimate of drug-likeness (QED) is 0.638. The zero-order valence-corrected chi connectivity index (χ0v) is 9.12. The molecule has 0 atom stereocenters. The van der Waals surface area contributed by atoms with E-state index in [0.29, 0.717) is 22.4 Å². The Kier molecular flexibility index (Phi) is 2.04. The highest BCUT2D eigenvalue weighted by Gasteiger charge is 2.17. The molecule has 2 heterocycles. The molecule has 0 spiro atoms. The van der Waals surface area contributed by atoms with Crippen LogP contribution < -0.4 is 0 Å². The van der Waals surface area contributed by atoms with E-state index in [1.807, 2.05) is 18.2 Å². The topological polar surface area (TPSA) is 60.9 Å². The molecule has 3 rings (SSSR count). The van der Waals surface area contributed by atoms with Crippen LogP contribution >= 0.6 is 0 Å². The highest BCUT2D eigenvalue weighted by atomic mass is 16.5. The molecular weight excluding hydrogens is 218 g/mol. The molecule has 84 valence electrons. The lowest BCUT2D eigenvalue weighted by atomic mass is 10.2. The van der Waals surface area contributed by atoms with Crippen LogP contribution in [0.4, 0.5) is 0 Å². The number of aryl methyl sites for hydroxylation is 1. The molecule has 0 unspecified atom stereocenters. The van der Waals surface area contributed by atoms with Crippen LogP contribution in [-0.2, 0) is 0 Å². The highest BCUT2D eigenvalue weighted by molar-refractivity contribution is 6.00. The molecule has 0 bridgehead atoms. The maximum atomic E-state index is 12.2. The van der Waals surface area contributed by atoms with Crippen molar-refractivity contribution in [2.45, 2.75) is 6.92 Å². The second-order valence-electron chi connectivity index (χ2n) is 3.71. The third kappa shape index (κ3) is 1.44. The summed E-state index contributed by atoms with van der Waals surface area (Å²) in [5.41, 5.74) is 2.38. The number of nitrogens with zero attached hydrogens (tertiary/aromatic N) is 3. The second kappa shape index (κ2) is 3.55. The van der Waals surface area contributed by atoms with Crippen molar-refractivity contribution < 1.29 is 9.32 Å². The molecule has 0 amide bonds. The van der Waals surface area contributed by atoms with Gasteiger partial charge in [0.2, 0.25) is 5.58 Å². The normalized spacial score (nSPS) is 10.9. The van der Waals surface area contributed by atoms with Crippen LogP contribution in [0.5, 0.6) is 0 Å². The average Bonchev–Trinajstić information content (AvgIpc) is 2.93. The molecule has 0 N–H and O–H groups in total. The van der Waals surface area contributed by atoms with Crippen molar-refractivity contribution >= 4 is 17.0 Å². The zero-order valence-electron chi connectivity index (χ0n) is 9.12. The smallest absolute Gasteiger partial charge is 0.278 e. The summed E-state index contributed by atoms with van der Waals surface area (Å²) < 4.78 is 6.35. The van der Waals surface area contributed by atoms with Crippen LogP contribution in [0.25, 0.3) is 11.1 Å². The molecule has 0 aliphatic rings. The molecule has 17 heavy (non-hydrogen) atoms. The monoisotopic (exact) mass is 227 g/mol. The molecule has 0 aliphatic carbocycles. The van der Waals surface area contributed by atoms with Gasteiger partial charge < -0.3 is 4.52 Å². The summed E-state index contributed by atoms with van der Waals surface area (Å²) in [5, 5.41) is 7.83. The number of hydrogen-bond acceptors (Lipinski definition) is 4. The van der Waals surface area contributed by atoms with Gasteiger partial charge in [0, 0.05) is 5.56 Å². The molecular formula is C12H9N3O2. The highest BCUT2D eigenvalue weighted by Crippen LogP contribution is 2.18. The first-order valence-corrected chi connectivity index (χ1v) is 5.17. The predicted molar refractivity (Wildman–Crippen MR) is 60.7 cm³/mol.